The summed E-state index contributed by atoms with van der Waals surface area (Å²) in [5.41, 5.74) is -1.82. The molecule has 3 rings (SSSR count). The summed E-state index contributed by atoms with van der Waals surface area (Å²) < 4.78 is 69.1. The second kappa shape index (κ2) is 4.43. The van der Waals surface area contributed by atoms with Crippen molar-refractivity contribution in [1.82, 2.24) is 9.78 Å². The first-order valence-corrected chi connectivity index (χ1v) is 7.31. The predicted molar refractivity (Wildman–Crippen MR) is 66.2 cm³/mol. The minimum atomic E-state index is -4.67. The lowest BCUT2D eigenvalue weighted by atomic mass is 10.1. The third-order valence-electron chi connectivity index (χ3n) is 4.60. The van der Waals surface area contributed by atoms with Crippen LogP contribution < -0.4 is 0 Å². The van der Waals surface area contributed by atoms with Crippen LogP contribution in [-0.2, 0) is 12.1 Å². The van der Waals surface area contributed by atoms with Gasteiger partial charge in [0.1, 0.15) is 5.69 Å². The van der Waals surface area contributed by atoms with E-state index >= 15 is 0 Å². The Morgan fingerprint density at radius 1 is 1.33 bits per heavy atom. The van der Waals surface area contributed by atoms with Crippen molar-refractivity contribution in [2.75, 3.05) is 0 Å². The standard InChI is InChI=1S/C14H17F5N2/c1-3-5-7(4-2)21-12-10(11(20-21)14(17,18)19)8-6-9(8)13(12,15)16/h7-9H,3-6H2,1-2H3/t7?,8-,9+/m0/s1. The minimum absolute atomic E-state index is 0.138. The highest BCUT2D eigenvalue weighted by atomic mass is 19.4. The highest BCUT2D eigenvalue weighted by Gasteiger charge is 2.68. The van der Waals surface area contributed by atoms with Crippen molar-refractivity contribution in [1.29, 1.82) is 0 Å². The molecule has 0 saturated heterocycles. The summed E-state index contributed by atoms with van der Waals surface area (Å²) in [4.78, 5) is 0. The Morgan fingerprint density at radius 3 is 2.52 bits per heavy atom. The van der Waals surface area contributed by atoms with E-state index in [1.165, 1.54) is 0 Å². The van der Waals surface area contributed by atoms with Gasteiger partial charge in [-0.05, 0) is 25.2 Å². The summed E-state index contributed by atoms with van der Waals surface area (Å²) in [6, 6.07) is -0.400. The molecule has 1 aromatic rings. The molecule has 1 saturated carbocycles. The lowest BCUT2D eigenvalue weighted by molar-refractivity contribution is -0.142. The van der Waals surface area contributed by atoms with Crippen molar-refractivity contribution in [2.24, 2.45) is 5.92 Å². The number of rotatable bonds is 4. The highest BCUT2D eigenvalue weighted by molar-refractivity contribution is 5.47. The Bertz CT molecular complexity index is 560. The lowest BCUT2D eigenvalue weighted by Crippen LogP contribution is -2.23. The number of fused-ring (bicyclic) bond motifs is 3. The fourth-order valence-corrected chi connectivity index (χ4v) is 3.53. The van der Waals surface area contributed by atoms with Gasteiger partial charge in [0, 0.05) is 11.5 Å². The maximum Gasteiger partial charge on any atom is 0.435 e. The maximum absolute atomic E-state index is 14.3. The van der Waals surface area contributed by atoms with E-state index in [-0.39, 0.29) is 12.0 Å². The summed E-state index contributed by atoms with van der Waals surface area (Å²) in [6.45, 7) is 3.67. The molecule has 0 spiro atoms. The predicted octanol–water partition coefficient (Wildman–Crippen LogP) is 4.86. The molecule has 0 aliphatic heterocycles. The van der Waals surface area contributed by atoms with Crippen LogP contribution in [0.5, 0.6) is 0 Å². The lowest BCUT2D eigenvalue weighted by Gasteiger charge is -2.21. The molecule has 1 aromatic heterocycles. The van der Waals surface area contributed by atoms with Crippen LogP contribution in [0.15, 0.2) is 0 Å². The summed E-state index contributed by atoms with van der Waals surface area (Å²) in [5.74, 6) is -4.81. The van der Waals surface area contributed by atoms with E-state index < -0.39 is 41.4 Å². The average molecular weight is 308 g/mol. The van der Waals surface area contributed by atoms with E-state index in [4.69, 9.17) is 0 Å². The molecule has 3 atom stereocenters. The molecule has 0 N–H and O–H groups in total. The van der Waals surface area contributed by atoms with Crippen LogP contribution >= 0.6 is 0 Å². The van der Waals surface area contributed by atoms with Gasteiger partial charge in [-0.1, -0.05) is 20.3 Å². The first-order valence-electron chi connectivity index (χ1n) is 7.31. The number of hydrogen-bond donors (Lipinski definition) is 0. The van der Waals surface area contributed by atoms with Crippen LogP contribution in [0.4, 0.5) is 22.0 Å². The molecule has 0 bridgehead atoms. The van der Waals surface area contributed by atoms with E-state index in [2.05, 4.69) is 5.10 Å². The van der Waals surface area contributed by atoms with Gasteiger partial charge in [0.15, 0.2) is 5.69 Å². The van der Waals surface area contributed by atoms with Crippen LogP contribution in [0.1, 0.15) is 68.4 Å². The van der Waals surface area contributed by atoms with Crippen LogP contribution in [0.25, 0.3) is 0 Å². The SMILES string of the molecule is CCCC(CC)n1nc(C(F)(F)F)c2c1C(F)(F)[C@@H]1C[C@H]21. The van der Waals surface area contributed by atoms with Crippen molar-refractivity contribution in [3.63, 3.8) is 0 Å². The molecule has 1 unspecified atom stereocenters. The van der Waals surface area contributed by atoms with E-state index in [0.717, 1.165) is 4.68 Å². The summed E-state index contributed by atoms with van der Waals surface area (Å²) in [5, 5.41) is 3.58. The molecule has 0 amide bonds. The molecule has 1 fully saturated rings. The zero-order valence-electron chi connectivity index (χ0n) is 11.8. The quantitative estimate of drug-likeness (QED) is 0.726. The fourth-order valence-electron chi connectivity index (χ4n) is 3.53. The second-order valence-corrected chi connectivity index (χ2v) is 5.98. The van der Waals surface area contributed by atoms with Gasteiger partial charge in [0.25, 0.3) is 5.92 Å². The topological polar surface area (TPSA) is 17.8 Å². The molecule has 0 radical (unpaired) electrons. The number of halogens is 5. The van der Waals surface area contributed by atoms with E-state index in [1.54, 1.807) is 6.92 Å². The van der Waals surface area contributed by atoms with Gasteiger partial charge >= 0.3 is 6.18 Å². The Balaban J connectivity index is 2.17. The van der Waals surface area contributed by atoms with Crippen molar-refractivity contribution in [2.45, 2.75) is 63.6 Å². The summed E-state index contributed by atoms with van der Waals surface area (Å²) >= 11 is 0. The number of aromatic nitrogens is 2. The Labute approximate surface area is 119 Å². The normalized spacial score (nSPS) is 27.4. The zero-order chi connectivity index (χ0) is 15.6. The maximum atomic E-state index is 14.3. The van der Waals surface area contributed by atoms with Crippen LogP contribution in [-0.4, -0.2) is 9.78 Å². The highest BCUT2D eigenvalue weighted by Crippen LogP contribution is 2.68. The van der Waals surface area contributed by atoms with Gasteiger partial charge in [0.2, 0.25) is 0 Å². The van der Waals surface area contributed by atoms with Crippen molar-refractivity contribution < 1.29 is 22.0 Å². The molecule has 1 heterocycles. The van der Waals surface area contributed by atoms with E-state index in [9.17, 15) is 22.0 Å². The summed E-state index contributed by atoms with van der Waals surface area (Å²) in [7, 11) is 0. The molecular formula is C14H17F5N2. The van der Waals surface area contributed by atoms with Crippen LogP contribution in [0, 0.1) is 5.92 Å². The Kier molecular flexibility index (Phi) is 3.12. The molecular weight excluding hydrogens is 291 g/mol. The molecule has 2 nitrogen and oxygen atoms in total. The number of hydrogen-bond acceptors (Lipinski definition) is 1. The van der Waals surface area contributed by atoms with Gasteiger partial charge in [-0.25, -0.2) is 0 Å². The largest absolute Gasteiger partial charge is 0.435 e. The molecule has 7 heteroatoms. The smallest absolute Gasteiger partial charge is 0.260 e. The molecule has 2 aliphatic carbocycles. The molecule has 0 aromatic carbocycles. The number of alkyl halides is 5. The average Bonchev–Trinajstić information content (AvgIpc) is 3.02. The van der Waals surface area contributed by atoms with Gasteiger partial charge in [0.05, 0.1) is 6.04 Å². The first-order chi connectivity index (χ1) is 9.73. The van der Waals surface area contributed by atoms with Gasteiger partial charge in [-0.3, -0.25) is 4.68 Å². The molecule has 2 aliphatic rings. The van der Waals surface area contributed by atoms with Crippen LogP contribution in [0.3, 0.4) is 0 Å². The fraction of sp³-hybridized carbons (Fsp3) is 0.786. The first kappa shape index (κ1) is 14.8. The molecule has 118 valence electrons. The monoisotopic (exact) mass is 308 g/mol. The summed E-state index contributed by atoms with van der Waals surface area (Å²) in [6.07, 6.45) is -2.78. The van der Waals surface area contributed by atoms with E-state index in [0.29, 0.717) is 19.3 Å². The third kappa shape index (κ3) is 1.99. The van der Waals surface area contributed by atoms with Crippen LogP contribution in [0.2, 0.25) is 0 Å². The van der Waals surface area contributed by atoms with E-state index in [1.807, 2.05) is 6.92 Å². The second-order valence-electron chi connectivity index (χ2n) is 5.98. The molecule has 21 heavy (non-hydrogen) atoms. The van der Waals surface area contributed by atoms with Gasteiger partial charge < -0.3 is 0 Å². The Hall–Kier alpha value is -1.14. The Morgan fingerprint density at radius 2 is 2.00 bits per heavy atom. The third-order valence-corrected chi connectivity index (χ3v) is 4.60. The van der Waals surface area contributed by atoms with Gasteiger partial charge in [-0.15, -0.1) is 0 Å². The van der Waals surface area contributed by atoms with Crippen molar-refractivity contribution in [3.05, 3.63) is 17.0 Å². The van der Waals surface area contributed by atoms with Crippen molar-refractivity contribution in [3.8, 4) is 0 Å². The van der Waals surface area contributed by atoms with Crippen molar-refractivity contribution >= 4 is 0 Å². The number of nitrogens with zero attached hydrogens (tertiary/aromatic N) is 2. The zero-order valence-corrected chi connectivity index (χ0v) is 11.8. The van der Waals surface area contributed by atoms with Gasteiger partial charge in [-0.2, -0.15) is 27.1 Å². The minimum Gasteiger partial charge on any atom is -0.260 e.